The van der Waals surface area contributed by atoms with Crippen LogP contribution in [0.3, 0.4) is 0 Å². The van der Waals surface area contributed by atoms with E-state index in [1.807, 2.05) is 24.3 Å². The minimum atomic E-state index is 0.0411. The van der Waals surface area contributed by atoms with Gasteiger partial charge in [0, 0.05) is 12.1 Å². The minimum Gasteiger partial charge on any atom is -0.491 e. The molecule has 0 fully saturated rings. The monoisotopic (exact) mass is 266 g/mol. The first kappa shape index (κ1) is 16.0. The lowest BCUT2D eigenvalue weighted by Gasteiger charge is -2.32. The topological polar surface area (TPSA) is 47.7 Å². The Morgan fingerprint density at radius 2 is 1.95 bits per heavy atom. The molecular formula is C15H26N2O2. The third-order valence-electron chi connectivity index (χ3n) is 3.30. The quantitative estimate of drug-likeness (QED) is 0.730. The normalized spacial score (nSPS) is 11.9. The highest BCUT2D eigenvalue weighted by atomic mass is 16.5. The molecule has 0 atom stereocenters. The van der Waals surface area contributed by atoms with Gasteiger partial charge in [-0.05, 0) is 45.6 Å². The molecule has 0 aliphatic carbocycles. The van der Waals surface area contributed by atoms with Gasteiger partial charge in [-0.25, -0.2) is 0 Å². The number of likely N-dealkylation sites (N-methyl/N-ethyl adjacent to an activating group) is 1. The van der Waals surface area contributed by atoms with E-state index in [2.05, 4.69) is 32.8 Å². The Balaban J connectivity index is 2.24. The maximum absolute atomic E-state index is 5.65. The summed E-state index contributed by atoms with van der Waals surface area (Å²) >= 11 is 0. The molecule has 0 unspecified atom stereocenters. The Labute approximate surface area is 116 Å². The second-order valence-corrected chi connectivity index (χ2v) is 5.46. The van der Waals surface area contributed by atoms with Gasteiger partial charge in [-0.15, -0.1) is 0 Å². The first-order valence-electron chi connectivity index (χ1n) is 6.62. The first-order valence-corrected chi connectivity index (χ1v) is 6.62. The molecule has 0 saturated heterocycles. The van der Waals surface area contributed by atoms with Gasteiger partial charge in [-0.3, -0.25) is 0 Å². The van der Waals surface area contributed by atoms with Gasteiger partial charge in [0.05, 0.1) is 13.2 Å². The summed E-state index contributed by atoms with van der Waals surface area (Å²) in [6, 6.07) is 7.84. The molecule has 0 aliphatic heterocycles. The lowest BCUT2D eigenvalue weighted by molar-refractivity contribution is 0.0236. The standard InChI is InChI=1S/C15H26N2O2/c1-15(2,17(3)4)12-18-8-9-19-14-7-5-6-13(10-14)11-16/h5-7,10H,8-9,11-12,16H2,1-4H3. The summed E-state index contributed by atoms with van der Waals surface area (Å²) in [5, 5.41) is 0. The van der Waals surface area contributed by atoms with E-state index in [0.717, 1.165) is 11.3 Å². The third kappa shape index (κ3) is 5.59. The Kier molecular flexibility index (Phi) is 6.28. The van der Waals surface area contributed by atoms with Crippen LogP contribution in [-0.2, 0) is 11.3 Å². The van der Waals surface area contributed by atoms with Crippen LogP contribution in [0.15, 0.2) is 24.3 Å². The molecule has 0 aliphatic rings. The van der Waals surface area contributed by atoms with Crippen molar-refractivity contribution in [3.63, 3.8) is 0 Å². The summed E-state index contributed by atoms with van der Waals surface area (Å²) in [4.78, 5) is 2.15. The maximum Gasteiger partial charge on any atom is 0.119 e. The van der Waals surface area contributed by atoms with Crippen LogP contribution in [0.2, 0.25) is 0 Å². The average Bonchev–Trinajstić information content (AvgIpc) is 2.38. The lowest BCUT2D eigenvalue weighted by Crippen LogP contribution is -2.42. The number of rotatable bonds is 8. The fraction of sp³-hybridized carbons (Fsp3) is 0.600. The Bertz CT molecular complexity index is 378. The summed E-state index contributed by atoms with van der Waals surface area (Å²) < 4.78 is 11.3. The summed E-state index contributed by atoms with van der Waals surface area (Å²) in [7, 11) is 4.11. The van der Waals surface area contributed by atoms with Crippen LogP contribution in [0.25, 0.3) is 0 Å². The molecule has 1 aromatic rings. The fourth-order valence-corrected chi connectivity index (χ4v) is 1.43. The zero-order chi connectivity index (χ0) is 14.3. The summed E-state index contributed by atoms with van der Waals surface area (Å²) in [5.74, 6) is 0.846. The summed E-state index contributed by atoms with van der Waals surface area (Å²) in [6.45, 7) is 6.66. The largest absolute Gasteiger partial charge is 0.491 e. The third-order valence-corrected chi connectivity index (χ3v) is 3.30. The number of hydrogen-bond donors (Lipinski definition) is 1. The molecule has 2 N–H and O–H groups in total. The number of benzene rings is 1. The fourth-order valence-electron chi connectivity index (χ4n) is 1.43. The lowest BCUT2D eigenvalue weighted by atomic mass is 10.1. The van der Waals surface area contributed by atoms with Crippen LogP contribution in [0, 0.1) is 0 Å². The SMILES string of the molecule is CN(C)C(C)(C)COCCOc1cccc(CN)c1. The van der Waals surface area contributed by atoms with Gasteiger partial charge in [0.15, 0.2) is 0 Å². The molecule has 1 rings (SSSR count). The molecule has 0 radical (unpaired) electrons. The number of nitrogens with two attached hydrogens (primary N) is 1. The second kappa shape index (κ2) is 7.48. The van der Waals surface area contributed by atoms with Crippen molar-refractivity contribution >= 4 is 0 Å². The van der Waals surface area contributed by atoms with E-state index >= 15 is 0 Å². The van der Waals surface area contributed by atoms with Crippen molar-refractivity contribution in [3.8, 4) is 5.75 Å². The van der Waals surface area contributed by atoms with Crippen LogP contribution in [0.4, 0.5) is 0 Å². The maximum atomic E-state index is 5.65. The van der Waals surface area contributed by atoms with Crippen molar-refractivity contribution in [2.75, 3.05) is 33.9 Å². The van der Waals surface area contributed by atoms with E-state index < -0.39 is 0 Å². The van der Waals surface area contributed by atoms with E-state index in [0.29, 0.717) is 26.4 Å². The zero-order valence-electron chi connectivity index (χ0n) is 12.5. The molecule has 4 heteroatoms. The molecule has 0 bridgehead atoms. The van der Waals surface area contributed by atoms with Gasteiger partial charge in [-0.2, -0.15) is 0 Å². The average molecular weight is 266 g/mol. The minimum absolute atomic E-state index is 0.0411. The molecule has 19 heavy (non-hydrogen) atoms. The summed E-state index contributed by atoms with van der Waals surface area (Å²) in [6.07, 6.45) is 0. The van der Waals surface area contributed by atoms with Gasteiger partial charge in [0.2, 0.25) is 0 Å². The molecule has 0 spiro atoms. The van der Waals surface area contributed by atoms with Crippen LogP contribution in [-0.4, -0.2) is 44.4 Å². The molecule has 0 heterocycles. The van der Waals surface area contributed by atoms with Crippen LogP contribution < -0.4 is 10.5 Å². The van der Waals surface area contributed by atoms with Crippen molar-refractivity contribution in [3.05, 3.63) is 29.8 Å². The van der Waals surface area contributed by atoms with E-state index in [-0.39, 0.29) is 5.54 Å². The van der Waals surface area contributed by atoms with Gasteiger partial charge >= 0.3 is 0 Å². The molecule has 108 valence electrons. The summed E-state index contributed by atoms with van der Waals surface area (Å²) in [5.41, 5.74) is 6.70. The highest BCUT2D eigenvalue weighted by molar-refractivity contribution is 5.28. The van der Waals surface area contributed by atoms with Crippen LogP contribution >= 0.6 is 0 Å². The molecule has 0 amide bonds. The van der Waals surface area contributed by atoms with Crippen molar-refractivity contribution in [2.45, 2.75) is 25.9 Å². The van der Waals surface area contributed by atoms with E-state index in [1.54, 1.807) is 0 Å². The first-order chi connectivity index (χ1) is 8.95. The second-order valence-electron chi connectivity index (χ2n) is 5.46. The van der Waals surface area contributed by atoms with Gasteiger partial charge in [-0.1, -0.05) is 12.1 Å². The molecule has 4 nitrogen and oxygen atoms in total. The van der Waals surface area contributed by atoms with Crippen molar-refractivity contribution in [2.24, 2.45) is 5.73 Å². The Hall–Kier alpha value is -1.10. The molecule has 0 saturated carbocycles. The highest BCUT2D eigenvalue weighted by Crippen LogP contribution is 2.13. The van der Waals surface area contributed by atoms with Crippen molar-refractivity contribution in [1.82, 2.24) is 4.90 Å². The highest BCUT2D eigenvalue weighted by Gasteiger charge is 2.20. The van der Waals surface area contributed by atoms with Gasteiger partial charge < -0.3 is 20.1 Å². The molecule has 1 aromatic carbocycles. The molecular weight excluding hydrogens is 240 g/mol. The predicted molar refractivity (Wildman–Crippen MR) is 78.4 cm³/mol. The van der Waals surface area contributed by atoms with E-state index in [4.69, 9.17) is 15.2 Å². The Morgan fingerprint density at radius 3 is 2.58 bits per heavy atom. The predicted octanol–water partition coefficient (Wildman–Crippen LogP) is 1.88. The number of nitrogens with zero attached hydrogens (tertiary/aromatic N) is 1. The van der Waals surface area contributed by atoms with Crippen LogP contribution in [0.1, 0.15) is 19.4 Å². The van der Waals surface area contributed by atoms with Crippen LogP contribution in [0.5, 0.6) is 5.75 Å². The number of hydrogen-bond acceptors (Lipinski definition) is 4. The van der Waals surface area contributed by atoms with Gasteiger partial charge in [0.1, 0.15) is 12.4 Å². The molecule has 0 aromatic heterocycles. The zero-order valence-corrected chi connectivity index (χ0v) is 12.5. The Morgan fingerprint density at radius 1 is 1.21 bits per heavy atom. The number of ether oxygens (including phenoxy) is 2. The van der Waals surface area contributed by atoms with E-state index in [1.165, 1.54) is 0 Å². The van der Waals surface area contributed by atoms with E-state index in [9.17, 15) is 0 Å². The van der Waals surface area contributed by atoms with Crippen molar-refractivity contribution in [1.29, 1.82) is 0 Å². The smallest absolute Gasteiger partial charge is 0.119 e. The van der Waals surface area contributed by atoms with Gasteiger partial charge in [0.25, 0.3) is 0 Å². The van der Waals surface area contributed by atoms with Crippen molar-refractivity contribution < 1.29 is 9.47 Å².